The molecule has 3 N–H and O–H groups in total. The van der Waals surface area contributed by atoms with Gasteiger partial charge in [-0.2, -0.15) is 0 Å². The molecule has 0 saturated carbocycles. The van der Waals surface area contributed by atoms with E-state index in [1.165, 1.54) is 0 Å². The van der Waals surface area contributed by atoms with Gasteiger partial charge in [-0.25, -0.2) is 0 Å². The molecule has 1 aromatic carbocycles. The third kappa shape index (κ3) is 1.65. The van der Waals surface area contributed by atoms with Crippen molar-refractivity contribution in [2.45, 2.75) is 13.3 Å². The first-order valence-corrected chi connectivity index (χ1v) is 5.08. The fourth-order valence-electron chi connectivity index (χ4n) is 1.92. The number of nitrogens with zero attached hydrogens (tertiary/aromatic N) is 1. The van der Waals surface area contributed by atoms with E-state index in [4.69, 9.17) is 5.73 Å². The molecular formula is C11H13N3O2. The minimum absolute atomic E-state index is 0.123. The summed E-state index contributed by atoms with van der Waals surface area (Å²) in [5, 5.41) is 11.8. The SMILES string of the molecule is Cc1cc([N+](=O)[O-])c2[nH]cc(CCN)c2c1. The van der Waals surface area contributed by atoms with Crippen LogP contribution in [0, 0.1) is 17.0 Å². The highest BCUT2D eigenvalue weighted by Gasteiger charge is 2.15. The van der Waals surface area contributed by atoms with E-state index in [2.05, 4.69) is 4.98 Å². The molecule has 0 saturated heterocycles. The average molecular weight is 219 g/mol. The largest absolute Gasteiger partial charge is 0.355 e. The van der Waals surface area contributed by atoms with Gasteiger partial charge >= 0.3 is 0 Å². The molecular weight excluding hydrogens is 206 g/mol. The lowest BCUT2D eigenvalue weighted by Gasteiger charge is -1.99. The zero-order valence-corrected chi connectivity index (χ0v) is 8.99. The number of nitro benzene ring substituents is 1. The Morgan fingerprint density at radius 1 is 1.50 bits per heavy atom. The molecule has 5 nitrogen and oxygen atoms in total. The Morgan fingerprint density at radius 3 is 2.88 bits per heavy atom. The van der Waals surface area contributed by atoms with Crippen LogP contribution in [0.3, 0.4) is 0 Å². The first kappa shape index (κ1) is 10.6. The van der Waals surface area contributed by atoms with Crippen molar-refractivity contribution in [2.75, 3.05) is 6.54 Å². The van der Waals surface area contributed by atoms with E-state index in [9.17, 15) is 10.1 Å². The van der Waals surface area contributed by atoms with Crippen LogP contribution in [0.2, 0.25) is 0 Å². The maximum absolute atomic E-state index is 10.9. The van der Waals surface area contributed by atoms with E-state index >= 15 is 0 Å². The number of nitro groups is 1. The number of hydrogen-bond acceptors (Lipinski definition) is 3. The van der Waals surface area contributed by atoms with Gasteiger partial charge in [-0.3, -0.25) is 10.1 Å². The molecule has 0 fully saturated rings. The number of H-pyrrole nitrogens is 1. The second kappa shape index (κ2) is 3.94. The summed E-state index contributed by atoms with van der Waals surface area (Å²) in [6.07, 6.45) is 2.52. The van der Waals surface area contributed by atoms with Gasteiger partial charge in [0.2, 0.25) is 0 Å². The first-order chi connectivity index (χ1) is 7.63. The van der Waals surface area contributed by atoms with Gasteiger partial charge in [-0.1, -0.05) is 0 Å². The number of aromatic amines is 1. The molecule has 0 amide bonds. The molecule has 0 unspecified atom stereocenters. The minimum atomic E-state index is -0.363. The quantitative estimate of drug-likeness (QED) is 0.610. The van der Waals surface area contributed by atoms with Gasteiger partial charge in [-0.05, 0) is 37.1 Å². The van der Waals surface area contributed by atoms with Gasteiger partial charge in [0, 0.05) is 17.6 Å². The van der Waals surface area contributed by atoms with Crippen LogP contribution in [0.5, 0.6) is 0 Å². The van der Waals surface area contributed by atoms with Gasteiger partial charge in [-0.15, -0.1) is 0 Å². The standard InChI is InChI=1S/C11H13N3O2/c1-7-4-9-8(2-3-12)6-13-11(9)10(5-7)14(15)16/h4-6,13H,2-3,12H2,1H3. The number of non-ortho nitro benzene ring substituents is 1. The molecule has 0 aliphatic carbocycles. The summed E-state index contributed by atoms with van der Waals surface area (Å²) in [7, 11) is 0. The van der Waals surface area contributed by atoms with Crippen LogP contribution in [-0.4, -0.2) is 16.5 Å². The van der Waals surface area contributed by atoms with Gasteiger partial charge in [0.25, 0.3) is 5.69 Å². The van der Waals surface area contributed by atoms with Crippen LogP contribution in [0.15, 0.2) is 18.3 Å². The Hall–Kier alpha value is -1.88. The third-order valence-electron chi connectivity index (χ3n) is 2.61. The smallest absolute Gasteiger partial charge is 0.293 e. The number of fused-ring (bicyclic) bond motifs is 1. The van der Waals surface area contributed by atoms with Gasteiger partial charge in [0.15, 0.2) is 0 Å². The third-order valence-corrected chi connectivity index (χ3v) is 2.61. The highest BCUT2D eigenvalue weighted by molar-refractivity contribution is 5.91. The lowest BCUT2D eigenvalue weighted by atomic mass is 10.1. The molecule has 1 heterocycles. The maximum atomic E-state index is 10.9. The molecule has 5 heteroatoms. The van der Waals surface area contributed by atoms with E-state index in [1.54, 1.807) is 12.3 Å². The lowest BCUT2D eigenvalue weighted by molar-refractivity contribution is -0.383. The highest BCUT2D eigenvalue weighted by Crippen LogP contribution is 2.28. The van der Waals surface area contributed by atoms with Crippen molar-refractivity contribution >= 4 is 16.6 Å². The monoisotopic (exact) mass is 219 g/mol. The van der Waals surface area contributed by atoms with Crippen molar-refractivity contribution in [1.29, 1.82) is 0 Å². The second-order valence-corrected chi connectivity index (χ2v) is 3.82. The Morgan fingerprint density at radius 2 is 2.25 bits per heavy atom. The predicted molar refractivity (Wildman–Crippen MR) is 62.4 cm³/mol. The summed E-state index contributed by atoms with van der Waals surface area (Å²) >= 11 is 0. The van der Waals surface area contributed by atoms with Crippen LogP contribution in [0.25, 0.3) is 10.9 Å². The zero-order valence-electron chi connectivity index (χ0n) is 8.99. The van der Waals surface area contributed by atoms with Gasteiger partial charge in [0.05, 0.1) is 4.92 Å². The molecule has 84 valence electrons. The number of aromatic nitrogens is 1. The number of aryl methyl sites for hydroxylation is 1. The first-order valence-electron chi connectivity index (χ1n) is 5.08. The Balaban J connectivity index is 2.70. The van der Waals surface area contributed by atoms with E-state index < -0.39 is 0 Å². The topological polar surface area (TPSA) is 85.0 Å². The Kier molecular flexibility index (Phi) is 2.62. The van der Waals surface area contributed by atoms with Crippen molar-refractivity contribution < 1.29 is 4.92 Å². The number of rotatable bonds is 3. The van der Waals surface area contributed by atoms with Crippen molar-refractivity contribution in [1.82, 2.24) is 4.98 Å². The lowest BCUT2D eigenvalue weighted by Crippen LogP contribution is -2.01. The number of nitrogens with one attached hydrogen (secondary N) is 1. The molecule has 0 bridgehead atoms. The van der Waals surface area contributed by atoms with E-state index in [0.29, 0.717) is 12.1 Å². The fraction of sp³-hybridized carbons (Fsp3) is 0.273. The molecule has 0 radical (unpaired) electrons. The molecule has 0 spiro atoms. The van der Waals surface area contributed by atoms with Crippen LogP contribution in [-0.2, 0) is 6.42 Å². The van der Waals surface area contributed by atoms with E-state index in [1.807, 2.05) is 13.0 Å². The number of nitrogens with two attached hydrogens (primary N) is 1. The van der Waals surface area contributed by atoms with Crippen LogP contribution in [0.1, 0.15) is 11.1 Å². The van der Waals surface area contributed by atoms with Crippen LogP contribution >= 0.6 is 0 Å². The minimum Gasteiger partial charge on any atom is -0.355 e. The van der Waals surface area contributed by atoms with E-state index in [0.717, 1.165) is 22.9 Å². The second-order valence-electron chi connectivity index (χ2n) is 3.82. The highest BCUT2D eigenvalue weighted by atomic mass is 16.6. The summed E-state index contributed by atoms with van der Waals surface area (Å²) in [6, 6.07) is 3.52. The zero-order chi connectivity index (χ0) is 11.7. The number of benzene rings is 1. The number of hydrogen-bond donors (Lipinski definition) is 2. The summed E-state index contributed by atoms with van der Waals surface area (Å²) in [4.78, 5) is 13.5. The van der Waals surface area contributed by atoms with Gasteiger partial charge in [0.1, 0.15) is 5.52 Å². The summed E-state index contributed by atoms with van der Waals surface area (Å²) < 4.78 is 0. The molecule has 16 heavy (non-hydrogen) atoms. The fourth-order valence-corrected chi connectivity index (χ4v) is 1.92. The molecule has 2 rings (SSSR count). The molecule has 0 aliphatic heterocycles. The Bertz CT molecular complexity index is 545. The molecule has 0 atom stereocenters. The van der Waals surface area contributed by atoms with Crippen molar-refractivity contribution in [2.24, 2.45) is 5.73 Å². The van der Waals surface area contributed by atoms with Crippen LogP contribution < -0.4 is 5.73 Å². The van der Waals surface area contributed by atoms with Crippen molar-refractivity contribution in [3.63, 3.8) is 0 Å². The summed E-state index contributed by atoms with van der Waals surface area (Å²) in [6.45, 7) is 2.39. The molecule has 2 aromatic rings. The van der Waals surface area contributed by atoms with Gasteiger partial charge < -0.3 is 10.7 Å². The average Bonchev–Trinajstić information content (AvgIpc) is 2.61. The van der Waals surface area contributed by atoms with E-state index in [-0.39, 0.29) is 10.6 Å². The summed E-state index contributed by atoms with van der Waals surface area (Å²) in [5.74, 6) is 0. The Labute approximate surface area is 92.4 Å². The van der Waals surface area contributed by atoms with Crippen molar-refractivity contribution in [3.8, 4) is 0 Å². The molecule has 1 aromatic heterocycles. The predicted octanol–water partition coefficient (Wildman–Crippen LogP) is 1.89. The van der Waals surface area contributed by atoms with Crippen LogP contribution in [0.4, 0.5) is 5.69 Å². The van der Waals surface area contributed by atoms with Crippen molar-refractivity contribution in [3.05, 3.63) is 39.6 Å². The normalized spacial score (nSPS) is 10.9. The summed E-state index contributed by atoms with van der Waals surface area (Å²) in [5.41, 5.74) is 8.12. The maximum Gasteiger partial charge on any atom is 0.293 e. The molecule has 0 aliphatic rings.